The van der Waals surface area contributed by atoms with Crippen LogP contribution in [0.2, 0.25) is 0 Å². The molecule has 1 amide bonds. The van der Waals surface area contributed by atoms with Gasteiger partial charge in [-0.2, -0.15) is 5.10 Å². The number of carbonyl (C=O) groups excluding carboxylic acids is 1. The summed E-state index contributed by atoms with van der Waals surface area (Å²) in [6.45, 7) is 5.98. The Morgan fingerprint density at radius 2 is 1.91 bits per heavy atom. The maximum absolute atomic E-state index is 13.2. The smallest absolute Gasteiger partial charge is 0.293 e. The Morgan fingerprint density at radius 3 is 2.65 bits per heavy atom. The molecular formula is C23H28N8O3. The Morgan fingerprint density at radius 1 is 1.12 bits per heavy atom. The largest absolute Gasteiger partial charge is 0.366 e. The van der Waals surface area contributed by atoms with Crippen LogP contribution >= 0.6 is 0 Å². The summed E-state index contributed by atoms with van der Waals surface area (Å²) in [5.74, 6) is 1.12. The van der Waals surface area contributed by atoms with Gasteiger partial charge in [0.05, 0.1) is 16.5 Å². The highest BCUT2D eigenvalue weighted by Crippen LogP contribution is 2.33. The number of fused-ring (bicyclic) bond motifs is 1. The Kier molecular flexibility index (Phi) is 5.76. The van der Waals surface area contributed by atoms with Gasteiger partial charge in [-0.05, 0) is 30.9 Å². The van der Waals surface area contributed by atoms with Crippen molar-refractivity contribution in [3.05, 3.63) is 46.4 Å². The molecule has 0 aliphatic carbocycles. The minimum Gasteiger partial charge on any atom is -0.366 e. The lowest BCUT2D eigenvalue weighted by molar-refractivity contribution is -0.384. The van der Waals surface area contributed by atoms with Crippen molar-refractivity contribution in [2.24, 2.45) is 13.0 Å². The number of anilines is 2. The van der Waals surface area contributed by atoms with E-state index in [1.54, 1.807) is 27.9 Å². The Labute approximate surface area is 197 Å². The van der Waals surface area contributed by atoms with Crippen molar-refractivity contribution in [2.75, 3.05) is 49.1 Å². The topological polar surface area (TPSA) is 114 Å². The molecule has 2 fully saturated rings. The Bertz CT molecular complexity index is 1230. The highest BCUT2D eigenvalue weighted by molar-refractivity contribution is 5.96. The molecule has 0 radical (unpaired) electrons. The molecule has 3 aromatic rings. The van der Waals surface area contributed by atoms with E-state index in [1.165, 1.54) is 12.4 Å². The number of aryl methyl sites for hydroxylation is 1. The second-order valence-corrected chi connectivity index (χ2v) is 9.14. The number of benzene rings is 1. The minimum atomic E-state index is -0.377. The van der Waals surface area contributed by atoms with Gasteiger partial charge in [0, 0.05) is 57.9 Å². The highest BCUT2D eigenvalue weighted by Gasteiger charge is 2.28. The number of piperidine rings is 1. The number of nitro benzene ring substituents is 1. The van der Waals surface area contributed by atoms with Crippen LogP contribution in [0.15, 0.2) is 30.7 Å². The summed E-state index contributed by atoms with van der Waals surface area (Å²) in [5, 5.41) is 17.0. The molecule has 1 unspecified atom stereocenters. The molecule has 1 atom stereocenters. The molecule has 2 aromatic heterocycles. The maximum Gasteiger partial charge on any atom is 0.293 e. The van der Waals surface area contributed by atoms with Gasteiger partial charge in [-0.25, -0.2) is 9.97 Å². The van der Waals surface area contributed by atoms with Crippen molar-refractivity contribution in [3.8, 4) is 0 Å². The van der Waals surface area contributed by atoms with Crippen LogP contribution in [0, 0.1) is 16.0 Å². The van der Waals surface area contributed by atoms with Crippen LogP contribution in [0.3, 0.4) is 0 Å². The predicted molar refractivity (Wildman–Crippen MR) is 128 cm³/mol. The Hall–Kier alpha value is -3.76. The summed E-state index contributed by atoms with van der Waals surface area (Å²) in [6.07, 6.45) is 5.43. The van der Waals surface area contributed by atoms with Crippen LogP contribution in [-0.4, -0.2) is 74.7 Å². The molecule has 34 heavy (non-hydrogen) atoms. The van der Waals surface area contributed by atoms with E-state index in [-0.39, 0.29) is 16.5 Å². The quantitative estimate of drug-likeness (QED) is 0.427. The second-order valence-electron chi connectivity index (χ2n) is 9.14. The van der Waals surface area contributed by atoms with Crippen LogP contribution in [0.4, 0.5) is 17.2 Å². The monoisotopic (exact) mass is 464 g/mol. The van der Waals surface area contributed by atoms with Crippen molar-refractivity contribution in [2.45, 2.75) is 19.8 Å². The molecule has 2 aliphatic rings. The molecule has 2 aliphatic heterocycles. The number of hydrogen-bond donors (Lipinski definition) is 0. The first kappa shape index (κ1) is 22.1. The maximum atomic E-state index is 13.2. The van der Waals surface area contributed by atoms with Gasteiger partial charge in [-0.15, -0.1) is 0 Å². The van der Waals surface area contributed by atoms with E-state index in [0.717, 1.165) is 42.8 Å². The molecule has 4 heterocycles. The van der Waals surface area contributed by atoms with E-state index in [9.17, 15) is 14.9 Å². The number of rotatable bonds is 4. The van der Waals surface area contributed by atoms with Gasteiger partial charge < -0.3 is 14.7 Å². The van der Waals surface area contributed by atoms with Gasteiger partial charge in [0.1, 0.15) is 17.8 Å². The standard InChI is InChI=1S/C23H28N8O3/c1-16-4-3-7-30(14-16)19-6-5-17(12-20(19)31(33)34)23(32)29-10-8-28(9-11-29)22-18-13-26-27(2)21(18)24-15-25-22/h5-6,12-13,15-16H,3-4,7-11,14H2,1-2H3. The number of nitrogens with zero attached hydrogens (tertiary/aromatic N) is 8. The zero-order chi connectivity index (χ0) is 23.8. The van der Waals surface area contributed by atoms with Gasteiger partial charge in [-0.3, -0.25) is 19.6 Å². The van der Waals surface area contributed by atoms with Crippen LogP contribution in [-0.2, 0) is 7.05 Å². The van der Waals surface area contributed by atoms with E-state index in [2.05, 4.69) is 31.8 Å². The average molecular weight is 465 g/mol. The SMILES string of the molecule is CC1CCCN(c2ccc(C(=O)N3CCN(c4ncnc5c4cnn5C)CC3)cc2[N+](=O)[O-])C1. The number of hydrogen-bond acceptors (Lipinski definition) is 8. The lowest BCUT2D eigenvalue weighted by atomic mass is 9.99. The molecule has 0 saturated carbocycles. The third-order valence-electron chi connectivity index (χ3n) is 6.79. The van der Waals surface area contributed by atoms with Gasteiger partial charge in [0.25, 0.3) is 11.6 Å². The van der Waals surface area contributed by atoms with E-state index < -0.39 is 0 Å². The number of carbonyl (C=O) groups is 1. The van der Waals surface area contributed by atoms with Crippen molar-refractivity contribution in [1.82, 2.24) is 24.6 Å². The Balaban J connectivity index is 1.31. The van der Waals surface area contributed by atoms with Crippen LogP contribution in [0.1, 0.15) is 30.1 Å². The van der Waals surface area contributed by atoms with E-state index in [1.807, 2.05) is 7.05 Å². The van der Waals surface area contributed by atoms with Crippen molar-refractivity contribution >= 4 is 34.1 Å². The third kappa shape index (κ3) is 4.02. The fourth-order valence-corrected chi connectivity index (χ4v) is 4.98. The summed E-state index contributed by atoms with van der Waals surface area (Å²) in [6, 6.07) is 4.90. The van der Waals surface area contributed by atoms with Crippen LogP contribution in [0.5, 0.6) is 0 Å². The van der Waals surface area contributed by atoms with Crippen LogP contribution in [0.25, 0.3) is 11.0 Å². The summed E-state index contributed by atoms with van der Waals surface area (Å²) in [5.41, 5.74) is 1.71. The van der Waals surface area contributed by atoms with Gasteiger partial charge >= 0.3 is 0 Å². The normalized spacial score (nSPS) is 19.0. The van der Waals surface area contributed by atoms with Gasteiger partial charge in [0.2, 0.25) is 0 Å². The molecule has 0 spiro atoms. The van der Waals surface area contributed by atoms with E-state index in [4.69, 9.17) is 0 Å². The zero-order valence-electron chi connectivity index (χ0n) is 19.4. The molecule has 1 aromatic carbocycles. The predicted octanol–water partition coefficient (Wildman–Crippen LogP) is 2.47. The van der Waals surface area contributed by atoms with E-state index in [0.29, 0.717) is 43.3 Å². The first-order valence-corrected chi connectivity index (χ1v) is 11.6. The molecule has 0 N–H and O–H groups in total. The average Bonchev–Trinajstić information content (AvgIpc) is 3.24. The first-order chi connectivity index (χ1) is 16.4. The number of aromatic nitrogens is 4. The minimum absolute atomic E-state index is 0.00135. The number of nitro groups is 1. The zero-order valence-corrected chi connectivity index (χ0v) is 19.4. The van der Waals surface area contributed by atoms with Crippen molar-refractivity contribution in [3.63, 3.8) is 0 Å². The summed E-state index contributed by atoms with van der Waals surface area (Å²) in [7, 11) is 1.84. The molecule has 11 nitrogen and oxygen atoms in total. The fraction of sp³-hybridized carbons (Fsp3) is 0.478. The molecule has 5 rings (SSSR count). The molecule has 11 heteroatoms. The number of amides is 1. The highest BCUT2D eigenvalue weighted by atomic mass is 16.6. The summed E-state index contributed by atoms with van der Waals surface area (Å²) in [4.78, 5) is 39.3. The molecule has 178 valence electrons. The first-order valence-electron chi connectivity index (χ1n) is 11.6. The third-order valence-corrected chi connectivity index (χ3v) is 6.79. The van der Waals surface area contributed by atoms with Crippen molar-refractivity contribution < 1.29 is 9.72 Å². The number of piperazine rings is 1. The van der Waals surface area contributed by atoms with Gasteiger partial charge in [-0.1, -0.05) is 6.92 Å². The molecule has 0 bridgehead atoms. The van der Waals surface area contributed by atoms with Crippen molar-refractivity contribution in [1.29, 1.82) is 0 Å². The second kappa shape index (κ2) is 8.88. The van der Waals surface area contributed by atoms with E-state index >= 15 is 0 Å². The van der Waals surface area contributed by atoms with Gasteiger partial charge in [0.15, 0.2) is 5.65 Å². The summed E-state index contributed by atoms with van der Waals surface area (Å²) < 4.78 is 1.71. The molecule has 2 saturated heterocycles. The lowest BCUT2D eigenvalue weighted by Gasteiger charge is -2.35. The van der Waals surface area contributed by atoms with Crippen LogP contribution < -0.4 is 9.80 Å². The fourth-order valence-electron chi connectivity index (χ4n) is 4.98. The molecular weight excluding hydrogens is 436 g/mol. The lowest BCUT2D eigenvalue weighted by Crippen LogP contribution is -2.49. The summed E-state index contributed by atoms with van der Waals surface area (Å²) >= 11 is 0.